The summed E-state index contributed by atoms with van der Waals surface area (Å²) in [7, 11) is -8.67. The quantitative estimate of drug-likeness (QED) is 0.184. The molecule has 0 aromatic carbocycles. The molecule has 18 heteroatoms. The summed E-state index contributed by atoms with van der Waals surface area (Å²) in [5, 5.41) is 86.0. The molecule has 0 spiro atoms. The van der Waals surface area contributed by atoms with Gasteiger partial charge in [0.05, 0.1) is 0 Å². The van der Waals surface area contributed by atoms with Crippen LogP contribution in [-0.4, -0.2) is 101 Å². The highest BCUT2D eigenvalue weighted by molar-refractivity contribution is 6.31. The Morgan fingerprint density at radius 3 is 0.278 bits per heavy atom. The second kappa shape index (κ2) is 30.1. The Balaban J connectivity index is -0.0000000257. The van der Waals surface area contributed by atoms with Gasteiger partial charge in [0.15, 0.2) is 0 Å². The van der Waals surface area contributed by atoms with Crippen LogP contribution in [0.4, 0.5) is 0 Å². The molecule has 0 aliphatic rings. The van der Waals surface area contributed by atoms with Crippen molar-refractivity contribution < 1.29 is 71.2 Å². The lowest BCUT2D eigenvalue weighted by Crippen LogP contribution is -2.07. The fraction of sp³-hybridized carbons (Fsp3) is 0. The van der Waals surface area contributed by atoms with Crippen LogP contribution in [-0.2, 0) is 0 Å². The fourth-order valence-corrected chi connectivity index (χ4v) is 0. The van der Waals surface area contributed by atoms with Crippen molar-refractivity contribution in [3.05, 3.63) is 0 Å². The van der Waals surface area contributed by atoms with E-state index in [2.05, 4.69) is 0 Å². The summed E-state index contributed by atoms with van der Waals surface area (Å²) in [6.45, 7) is 0. The lowest BCUT2D eigenvalue weighted by atomic mass is 10.3. The highest BCUT2D eigenvalue weighted by Gasteiger charge is 1.93. The molecule has 0 aromatic heterocycles. The number of hydrogen-bond donors (Lipinski definition) is 12. The minimum atomic E-state index is -2.17. The lowest BCUT2D eigenvalue weighted by molar-refractivity contribution is 0.276. The van der Waals surface area contributed by atoms with E-state index in [9.17, 15) is 0 Å². The fourth-order valence-electron chi connectivity index (χ4n) is 0. The predicted molar refractivity (Wildman–Crippen MR) is 56.9 cm³/mol. The Kier molecular flexibility index (Phi) is 60.2. The first kappa shape index (κ1) is 36.1. The maximum Gasteiger partial charge on any atom is 0.631 e. The van der Waals surface area contributed by atoms with Crippen molar-refractivity contribution in [1.29, 1.82) is 0 Å². The number of hydrogen-bond acceptors (Lipinski definition) is 12. The van der Waals surface area contributed by atoms with Crippen molar-refractivity contribution in [2.45, 2.75) is 0 Å². The van der Waals surface area contributed by atoms with Gasteiger partial charge in [0.25, 0.3) is 0 Å². The van der Waals surface area contributed by atoms with Gasteiger partial charge in [-0.2, -0.15) is 0 Å². The van der Waals surface area contributed by atoms with Crippen molar-refractivity contribution >= 4 is 29.3 Å². The molecular formula is H16B4O14. The summed E-state index contributed by atoms with van der Waals surface area (Å²) >= 11 is 0. The van der Waals surface area contributed by atoms with Gasteiger partial charge in [-0.3, -0.25) is 0 Å². The highest BCUT2D eigenvalue weighted by atomic mass is 16.5. The Morgan fingerprint density at radius 2 is 0.278 bits per heavy atom. The summed E-state index contributed by atoms with van der Waals surface area (Å²) in [4.78, 5) is 0. The monoisotopic (exact) mass is 284 g/mol. The van der Waals surface area contributed by atoms with Gasteiger partial charge in [-0.1, -0.05) is 0 Å². The Morgan fingerprint density at radius 1 is 0.278 bits per heavy atom. The van der Waals surface area contributed by atoms with Gasteiger partial charge in [-0.05, 0) is 0 Å². The zero-order valence-corrected chi connectivity index (χ0v) is 8.68. The van der Waals surface area contributed by atoms with Gasteiger partial charge >= 0.3 is 29.3 Å². The van der Waals surface area contributed by atoms with Crippen LogP contribution in [0.15, 0.2) is 0 Å². The standard InChI is InChI=1S/4BH3O3.2H2O/c4*2-1(3)4;;/h4*2-4H;2*1H2. The first-order valence-corrected chi connectivity index (χ1v) is 3.10. The average molecular weight is 283 g/mol. The van der Waals surface area contributed by atoms with Crippen molar-refractivity contribution in [3.63, 3.8) is 0 Å². The zero-order chi connectivity index (χ0) is 14.3. The highest BCUT2D eigenvalue weighted by Crippen LogP contribution is 1.41. The molecule has 0 bridgehead atoms. The second-order valence-corrected chi connectivity index (χ2v) is 1.39. The molecule has 0 unspecified atom stereocenters. The molecule has 18 heavy (non-hydrogen) atoms. The molecule has 16 N–H and O–H groups in total. The molecule has 14 nitrogen and oxygen atoms in total. The van der Waals surface area contributed by atoms with Crippen LogP contribution in [0.3, 0.4) is 0 Å². The molecule has 0 radical (unpaired) electrons. The van der Waals surface area contributed by atoms with Gasteiger partial charge in [0.2, 0.25) is 0 Å². The van der Waals surface area contributed by atoms with Gasteiger partial charge < -0.3 is 71.2 Å². The summed E-state index contributed by atoms with van der Waals surface area (Å²) in [5.41, 5.74) is 0. The third kappa shape index (κ3) is 37600. The Bertz CT molecular complexity index is 56.8. The van der Waals surface area contributed by atoms with Crippen LogP contribution >= 0.6 is 0 Å². The van der Waals surface area contributed by atoms with E-state index in [-0.39, 0.29) is 11.0 Å². The maximum absolute atomic E-state index is 7.17. The number of rotatable bonds is 0. The SMILES string of the molecule is O.O.OB(O)O.OB(O)O.OB(O)O.OB(O)O. The van der Waals surface area contributed by atoms with Crippen molar-refractivity contribution in [2.24, 2.45) is 0 Å². The smallest absolute Gasteiger partial charge is 0.412 e. The van der Waals surface area contributed by atoms with E-state index in [0.717, 1.165) is 0 Å². The van der Waals surface area contributed by atoms with Gasteiger partial charge in [-0.25, -0.2) is 0 Å². The van der Waals surface area contributed by atoms with Crippen LogP contribution in [0.1, 0.15) is 0 Å². The maximum atomic E-state index is 7.17. The van der Waals surface area contributed by atoms with Crippen molar-refractivity contribution in [1.82, 2.24) is 0 Å². The largest absolute Gasteiger partial charge is 0.631 e. The van der Waals surface area contributed by atoms with Crippen LogP contribution in [0.2, 0.25) is 0 Å². The third-order valence-corrected chi connectivity index (χ3v) is 0. The molecule has 0 saturated carbocycles. The van der Waals surface area contributed by atoms with Crippen LogP contribution in [0, 0.1) is 0 Å². The first-order valence-electron chi connectivity index (χ1n) is 3.10. The van der Waals surface area contributed by atoms with E-state index in [0.29, 0.717) is 0 Å². The molecule has 0 atom stereocenters. The molecule has 0 heterocycles. The van der Waals surface area contributed by atoms with Crippen LogP contribution < -0.4 is 0 Å². The van der Waals surface area contributed by atoms with Gasteiger partial charge in [0.1, 0.15) is 0 Å². The topological polar surface area (TPSA) is 306 Å². The van der Waals surface area contributed by atoms with E-state index in [1.807, 2.05) is 0 Å². The summed E-state index contributed by atoms with van der Waals surface area (Å²) in [6, 6.07) is 0. The zero-order valence-electron chi connectivity index (χ0n) is 8.68. The molecule has 0 aliphatic carbocycles. The normalized spacial score (nSPS) is 6.00. The molecule has 0 rings (SSSR count). The van der Waals surface area contributed by atoms with E-state index < -0.39 is 29.3 Å². The van der Waals surface area contributed by atoms with Gasteiger partial charge in [-0.15, -0.1) is 0 Å². The molecule has 0 saturated heterocycles. The van der Waals surface area contributed by atoms with Crippen molar-refractivity contribution in [3.8, 4) is 0 Å². The predicted octanol–water partition coefficient (Wildman–Crippen LogP) is -9.86. The van der Waals surface area contributed by atoms with E-state index in [1.165, 1.54) is 0 Å². The molecule has 0 fully saturated rings. The molecule has 0 aliphatic heterocycles. The minimum Gasteiger partial charge on any atom is -0.412 e. The van der Waals surface area contributed by atoms with E-state index in [4.69, 9.17) is 60.3 Å². The first-order chi connectivity index (χ1) is 6.93. The summed E-state index contributed by atoms with van der Waals surface area (Å²) in [6.07, 6.45) is 0. The molecule has 112 valence electrons. The molecule has 0 amide bonds. The Labute approximate surface area is 102 Å². The third-order valence-electron chi connectivity index (χ3n) is 0. The summed E-state index contributed by atoms with van der Waals surface area (Å²) in [5.74, 6) is 0. The molecular weight excluding hydrogens is 267 g/mol. The Hall–Kier alpha value is -0.300. The second-order valence-electron chi connectivity index (χ2n) is 1.39. The van der Waals surface area contributed by atoms with Crippen LogP contribution in [0.5, 0.6) is 0 Å². The average Bonchev–Trinajstić information content (AvgIpc) is 1.76. The summed E-state index contributed by atoms with van der Waals surface area (Å²) < 4.78 is 0. The van der Waals surface area contributed by atoms with E-state index in [1.54, 1.807) is 0 Å². The van der Waals surface area contributed by atoms with Crippen LogP contribution in [0.25, 0.3) is 0 Å². The van der Waals surface area contributed by atoms with Crippen molar-refractivity contribution in [2.75, 3.05) is 0 Å². The van der Waals surface area contributed by atoms with Gasteiger partial charge in [0, 0.05) is 0 Å². The molecule has 0 aromatic rings. The minimum absolute atomic E-state index is 0. The lowest BCUT2D eigenvalue weighted by Gasteiger charge is -1.69. The van der Waals surface area contributed by atoms with E-state index >= 15 is 0 Å².